The van der Waals surface area contributed by atoms with Gasteiger partial charge in [0.15, 0.2) is 17.5 Å². The van der Waals surface area contributed by atoms with E-state index in [9.17, 15) is 0 Å². The number of guanidine groups is 1. The zero-order valence-corrected chi connectivity index (χ0v) is 19.8. The van der Waals surface area contributed by atoms with Crippen molar-refractivity contribution < 1.29 is 14.2 Å². The molecule has 8 heteroatoms. The number of nitrogens with one attached hydrogen (secondary N) is 2. The van der Waals surface area contributed by atoms with Crippen LogP contribution in [0.3, 0.4) is 0 Å². The van der Waals surface area contributed by atoms with Crippen LogP contribution < -0.4 is 20.1 Å². The Bertz CT molecular complexity index is 849. The fourth-order valence-corrected chi connectivity index (χ4v) is 4.60. The molecule has 3 rings (SSSR count). The van der Waals surface area contributed by atoms with Gasteiger partial charge in [-0.1, -0.05) is 13.0 Å². The van der Waals surface area contributed by atoms with E-state index in [2.05, 4.69) is 51.7 Å². The number of morpholine rings is 1. The average molecular weight is 447 g/mol. The van der Waals surface area contributed by atoms with Crippen LogP contribution in [-0.2, 0) is 17.7 Å². The number of methoxy groups -OCH3 is 2. The van der Waals surface area contributed by atoms with Gasteiger partial charge in [-0.15, -0.1) is 11.3 Å². The van der Waals surface area contributed by atoms with Crippen molar-refractivity contribution in [3.8, 4) is 11.5 Å². The highest BCUT2D eigenvalue weighted by atomic mass is 32.1. The van der Waals surface area contributed by atoms with Gasteiger partial charge in [0.2, 0.25) is 0 Å². The molecule has 2 N–H and O–H groups in total. The van der Waals surface area contributed by atoms with E-state index in [1.807, 2.05) is 17.4 Å². The number of aryl methyl sites for hydroxylation is 1. The molecule has 2 heterocycles. The van der Waals surface area contributed by atoms with Gasteiger partial charge in [0.05, 0.1) is 40.0 Å². The number of rotatable bonds is 9. The lowest BCUT2D eigenvalue weighted by Gasteiger charge is -2.35. The summed E-state index contributed by atoms with van der Waals surface area (Å²) in [6.07, 6.45) is 1.07. The predicted molar refractivity (Wildman–Crippen MR) is 127 cm³/mol. The van der Waals surface area contributed by atoms with Crippen LogP contribution in [0.1, 0.15) is 28.3 Å². The summed E-state index contributed by atoms with van der Waals surface area (Å²) in [5.41, 5.74) is 1.17. The molecule has 1 aliphatic heterocycles. The van der Waals surface area contributed by atoms with Gasteiger partial charge in [-0.2, -0.15) is 0 Å². The fourth-order valence-electron chi connectivity index (χ4n) is 3.70. The van der Waals surface area contributed by atoms with Gasteiger partial charge in [-0.3, -0.25) is 9.89 Å². The highest BCUT2D eigenvalue weighted by Gasteiger charge is 2.24. The number of hydrogen-bond donors (Lipinski definition) is 2. The Morgan fingerprint density at radius 2 is 1.84 bits per heavy atom. The second kappa shape index (κ2) is 11.9. The maximum atomic E-state index is 5.57. The number of thiophene rings is 1. The Morgan fingerprint density at radius 1 is 1.10 bits per heavy atom. The summed E-state index contributed by atoms with van der Waals surface area (Å²) >= 11 is 1.84. The molecule has 1 unspecified atom stereocenters. The molecule has 1 saturated heterocycles. The molecular weight excluding hydrogens is 412 g/mol. The van der Waals surface area contributed by atoms with Crippen molar-refractivity contribution in [2.45, 2.75) is 25.9 Å². The number of aliphatic imine (C=N–C) groups is 1. The first-order chi connectivity index (χ1) is 15.2. The number of ether oxygens (including phenoxy) is 3. The predicted octanol–water partition coefficient (Wildman–Crippen LogP) is 3.07. The van der Waals surface area contributed by atoms with Crippen LogP contribution in [0.25, 0.3) is 0 Å². The zero-order valence-electron chi connectivity index (χ0n) is 18.9. The van der Waals surface area contributed by atoms with E-state index in [1.54, 1.807) is 21.3 Å². The molecule has 0 saturated carbocycles. The van der Waals surface area contributed by atoms with Gasteiger partial charge >= 0.3 is 0 Å². The Labute approximate surface area is 189 Å². The summed E-state index contributed by atoms with van der Waals surface area (Å²) in [5.74, 6) is 2.27. The summed E-state index contributed by atoms with van der Waals surface area (Å²) in [5, 5.41) is 6.95. The van der Waals surface area contributed by atoms with Gasteiger partial charge in [-0.25, -0.2) is 0 Å². The second-order valence-corrected chi connectivity index (χ2v) is 8.56. The Hall–Kier alpha value is -2.29. The van der Waals surface area contributed by atoms with Crippen LogP contribution in [0.2, 0.25) is 0 Å². The molecule has 0 bridgehead atoms. The molecule has 31 heavy (non-hydrogen) atoms. The van der Waals surface area contributed by atoms with E-state index in [-0.39, 0.29) is 6.04 Å². The number of benzene rings is 1. The summed E-state index contributed by atoms with van der Waals surface area (Å²) in [6.45, 7) is 6.94. The monoisotopic (exact) mass is 446 g/mol. The zero-order chi connectivity index (χ0) is 22.1. The van der Waals surface area contributed by atoms with Gasteiger partial charge in [0, 0.05) is 36.4 Å². The third-order valence-electron chi connectivity index (χ3n) is 5.46. The lowest BCUT2D eigenvalue weighted by atomic mass is 10.0. The molecule has 1 atom stereocenters. The van der Waals surface area contributed by atoms with Crippen molar-refractivity contribution in [2.24, 2.45) is 4.99 Å². The van der Waals surface area contributed by atoms with Crippen LogP contribution in [-0.4, -0.2) is 65.0 Å². The maximum Gasteiger partial charge on any atom is 0.191 e. The smallest absolute Gasteiger partial charge is 0.191 e. The molecule has 0 amide bonds. The number of hydrogen-bond acceptors (Lipinski definition) is 6. The normalized spacial score (nSPS) is 16.1. The quantitative estimate of drug-likeness (QED) is 0.456. The van der Waals surface area contributed by atoms with Crippen LogP contribution >= 0.6 is 11.3 Å². The molecular formula is C23H34N4O3S. The van der Waals surface area contributed by atoms with Gasteiger partial charge in [-0.05, 0) is 36.2 Å². The number of nitrogens with zero attached hydrogens (tertiary/aromatic N) is 2. The Balaban J connectivity index is 1.69. The second-order valence-electron chi connectivity index (χ2n) is 7.31. The van der Waals surface area contributed by atoms with E-state index in [1.165, 1.54) is 15.3 Å². The molecule has 0 radical (unpaired) electrons. The molecule has 0 aliphatic carbocycles. The standard InChI is InChI=1S/C23H34N4O3S/c1-5-18-7-8-19(31-18)15-25-23(24-2)26-16-20(27-10-12-30-13-11-27)17-6-9-21(28-3)22(14-17)29-4/h6-9,14,20H,5,10-13,15-16H2,1-4H3,(H2,24,25,26). The molecule has 7 nitrogen and oxygen atoms in total. The molecule has 2 aromatic rings. The van der Waals surface area contributed by atoms with Gasteiger partial charge in [0.1, 0.15) is 0 Å². The van der Waals surface area contributed by atoms with Crippen molar-refractivity contribution in [2.75, 3.05) is 54.1 Å². The minimum absolute atomic E-state index is 0.163. The van der Waals surface area contributed by atoms with E-state index in [0.717, 1.165) is 63.3 Å². The van der Waals surface area contributed by atoms with Crippen LogP contribution in [0.15, 0.2) is 35.3 Å². The largest absolute Gasteiger partial charge is 0.493 e. The summed E-state index contributed by atoms with van der Waals surface area (Å²) in [6, 6.07) is 10.7. The Kier molecular flexibility index (Phi) is 8.99. The molecule has 0 spiro atoms. The van der Waals surface area contributed by atoms with E-state index >= 15 is 0 Å². The summed E-state index contributed by atoms with van der Waals surface area (Å²) in [7, 11) is 5.14. The SMILES string of the molecule is CCc1ccc(CNC(=NC)NCC(c2ccc(OC)c(OC)c2)N2CCOCC2)s1. The molecule has 1 aromatic heterocycles. The first-order valence-electron chi connectivity index (χ1n) is 10.7. The topological polar surface area (TPSA) is 67.4 Å². The lowest BCUT2D eigenvalue weighted by molar-refractivity contribution is 0.0169. The third kappa shape index (κ3) is 6.35. The first kappa shape index (κ1) is 23.4. The molecule has 1 fully saturated rings. The van der Waals surface area contributed by atoms with Crippen molar-refractivity contribution in [3.63, 3.8) is 0 Å². The molecule has 170 valence electrons. The molecule has 1 aliphatic rings. The highest BCUT2D eigenvalue weighted by molar-refractivity contribution is 7.11. The minimum Gasteiger partial charge on any atom is -0.493 e. The average Bonchev–Trinajstić information content (AvgIpc) is 3.29. The lowest BCUT2D eigenvalue weighted by Crippen LogP contribution is -2.46. The van der Waals surface area contributed by atoms with E-state index in [0.29, 0.717) is 0 Å². The molecule has 1 aromatic carbocycles. The summed E-state index contributed by atoms with van der Waals surface area (Å²) < 4.78 is 16.5. The van der Waals surface area contributed by atoms with Gasteiger partial charge < -0.3 is 24.8 Å². The first-order valence-corrected chi connectivity index (χ1v) is 11.6. The van der Waals surface area contributed by atoms with Crippen LogP contribution in [0, 0.1) is 0 Å². The van der Waals surface area contributed by atoms with Crippen molar-refractivity contribution >= 4 is 17.3 Å². The summed E-state index contributed by atoms with van der Waals surface area (Å²) in [4.78, 5) is 9.57. The van der Waals surface area contributed by atoms with Crippen molar-refractivity contribution in [3.05, 3.63) is 45.6 Å². The van der Waals surface area contributed by atoms with Crippen molar-refractivity contribution in [1.29, 1.82) is 0 Å². The van der Waals surface area contributed by atoms with E-state index < -0.39 is 0 Å². The van der Waals surface area contributed by atoms with Gasteiger partial charge in [0.25, 0.3) is 0 Å². The minimum atomic E-state index is 0.163. The maximum absolute atomic E-state index is 5.57. The fraction of sp³-hybridized carbons (Fsp3) is 0.522. The third-order valence-corrected chi connectivity index (χ3v) is 6.69. The van der Waals surface area contributed by atoms with E-state index in [4.69, 9.17) is 14.2 Å². The van der Waals surface area contributed by atoms with Crippen molar-refractivity contribution in [1.82, 2.24) is 15.5 Å². The van der Waals surface area contributed by atoms with Crippen LogP contribution in [0.4, 0.5) is 0 Å². The highest BCUT2D eigenvalue weighted by Crippen LogP contribution is 2.32. The van der Waals surface area contributed by atoms with Crippen LogP contribution in [0.5, 0.6) is 11.5 Å². The Morgan fingerprint density at radius 3 is 2.48 bits per heavy atom.